The van der Waals surface area contributed by atoms with Crippen LogP contribution in [0.1, 0.15) is 25.6 Å². The van der Waals surface area contributed by atoms with Crippen LogP contribution in [0.2, 0.25) is 0 Å². The van der Waals surface area contributed by atoms with Crippen molar-refractivity contribution in [2.75, 3.05) is 20.3 Å². The second kappa shape index (κ2) is 8.35. The van der Waals surface area contributed by atoms with Crippen LogP contribution >= 0.6 is 10.7 Å². The Morgan fingerprint density at radius 3 is 2.81 bits per heavy atom. The van der Waals surface area contributed by atoms with E-state index < -0.39 is 9.05 Å². The first-order chi connectivity index (χ1) is 9.88. The first-order valence-electron chi connectivity index (χ1n) is 6.64. The molecule has 1 N–H and O–H groups in total. The lowest BCUT2D eigenvalue weighted by atomic mass is 10.3. The molecule has 0 bridgehead atoms. The van der Waals surface area contributed by atoms with Crippen molar-refractivity contribution in [3.63, 3.8) is 0 Å². The molecule has 0 aliphatic rings. The monoisotopic (exact) mass is 337 g/mol. The molecular formula is C12H20ClN3O4S. The molecule has 0 fully saturated rings. The van der Waals surface area contributed by atoms with Crippen LogP contribution in [0.4, 0.5) is 0 Å². The number of aromatic nitrogens is 2. The quantitative estimate of drug-likeness (QED) is 0.534. The van der Waals surface area contributed by atoms with Crippen molar-refractivity contribution in [2.45, 2.75) is 37.8 Å². The molecule has 120 valence electrons. The predicted molar refractivity (Wildman–Crippen MR) is 78.8 cm³/mol. The molecule has 0 radical (unpaired) electrons. The molecule has 0 atom stereocenters. The Bertz CT molecular complexity index is 571. The van der Waals surface area contributed by atoms with Gasteiger partial charge in [-0.05, 0) is 12.8 Å². The maximum atomic E-state index is 11.8. The number of aryl methyl sites for hydroxylation is 1. The molecule has 1 rings (SSSR count). The van der Waals surface area contributed by atoms with Gasteiger partial charge in [-0.2, -0.15) is 0 Å². The van der Waals surface area contributed by atoms with Gasteiger partial charge < -0.3 is 14.6 Å². The smallest absolute Gasteiger partial charge is 0.280 e. The Balaban J connectivity index is 2.72. The van der Waals surface area contributed by atoms with E-state index in [4.69, 9.17) is 15.4 Å². The molecule has 7 nitrogen and oxygen atoms in total. The summed E-state index contributed by atoms with van der Waals surface area (Å²) < 4.78 is 29.0. The molecule has 0 aliphatic heterocycles. The van der Waals surface area contributed by atoms with Crippen molar-refractivity contribution >= 4 is 25.6 Å². The molecule has 21 heavy (non-hydrogen) atoms. The Labute approximate surface area is 129 Å². The highest BCUT2D eigenvalue weighted by Gasteiger charge is 2.18. The number of rotatable bonds is 9. The zero-order valence-electron chi connectivity index (χ0n) is 12.1. The normalized spacial score (nSPS) is 11.6. The van der Waals surface area contributed by atoms with Crippen molar-refractivity contribution in [3.8, 4) is 0 Å². The lowest BCUT2D eigenvalue weighted by Gasteiger charge is -2.08. The van der Waals surface area contributed by atoms with Gasteiger partial charge in [-0.25, -0.2) is 13.4 Å². The Kier molecular flexibility index (Phi) is 7.13. The summed E-state index contributed by atoms with van der Waals surface area (Å²) in [6, 6.07) is 0. The topological polar surface area (TPSA) is 90.3 Å². The SMILES string of the molecule is CCCc1nc(S(=O)(=O)Cl)cn1CC(=O)NCCCOC. The van der Waals surface area contributed by atoms with Crippen molar-refractivity contribution < 1.29 is 17.9 Å². The number of carbonyl (C=O) groups excluding carboxylic acids is 1. The number of nitrogens with one attached hydrogen (secondary N) is 1. The summed E-state index contributed by atoms with van der Waals surface area (Å²) in [4.78, 5) is 15.8. The van der Waals surface area contributed by atoms with Crippen LogP contribution in [-0.4, -0.2) is 44.1 Å². The van der Waals surface area contributed by atoms with E-state index in [2.05, 4.69) is 10.3 Å². The minimum Gasteiger partial charge on any atom is -0.385 e. The summed E-state index contributed by atoms with van der Waals surface area (Å²) >= 11 is 0. The summed E-state index contributed by atoms with van der Waals surface area (Å²) in [7, 11) is 2.99. The van der Waals surface area contributed by atoms with Gasteiger partial charge in [-0.1, -0.05) is 6.92 Å². The van der Waals surface area contributed by atoms with E-state index in [9.17, 15) is 13.2 Å². The van der Waals surface area contributed by atoms with Crippen molar-refractivity contribution in [1.82, 2.24) is 14.9 Å². The van der Waals surface area contributed by atoms with Gasteiger partial charge in [0.15, 0.2) is 5.03 Å². The molecule has 0 spiro atoms. The van der Waals surface area contributed by atoms with Crippen LogP contribution in [0.25, 0.3) is 0 Å². The lowest BCUT2D eigenvalue weighted by molar-refractivity contribution is -0.121. The van der Waals surface area contributed by atoms with E-state index >= 15 is 0 Å². The predicted octanol–water partition coefficient (Wildman–Crippen LogP) is 0.916. The fraction of sp³-hybridized carbons (Fsp3) is 0.667. The second-order valence-corrected chi connectivity index (χ2v) is 7.02. The van der Waals surface area contributed by atoms with Crippen LogP contribution in [0.3, 0.4) is 0 Å². The third kappa shape index (κ3) is 6.03. The third-order valence-corrected chi connectivity index (χ3v) is 3.89. The minimum absolute atomic E-state index is 0.0156. The molecule has 0 aromatic carbocycles. The zero-order chi connectivity index (χ0) is 15.9. The Hall–Kier alpha value is -1.12. The van der Waals surface area contributed by atoms with Gasteiger partial charge in [0.25, 0.3) is 9.05 Å². The average Bonchev–Trinajstić information content (AvgIpc) is 2.78. The summed E-state index contributed by atoms with van der Waals surface area (Å²) in [6.07, 6.45) is 3.37. The molecule has 1 aromatic rings. The van der Waals surface area contributed by atoms with Gasteiger partial charge in [-0.3, -0.25) is 4.79 Å². The van der Waals surface area contributed by atoms with Gasteiger partial charge in [0, 0.05) is 43.6 Å². The molecule has 0 saturated carbocycles. The largest absolute Gasteiger partial charge is 0.385 e. The van der Waals surface area contributed by atoms with E-state index in [0.717, 1.165) is 12.8 Å². The van der Waals surface area contributed by atoms with E-state index in [1.807, 2.05) is 6.92 Å². The molecule has 0 saturated heterocycles. The fourth-order valence-corrected chi connectivity index (χ4v) is 2.45. The first kappa shape index (κ1) is 17.9. The van der Waals surface area contributed by atoms with Crippen molar-refractivity contribution in [1.29, 1.82) is 0 Å². The van der Waals surface area contributed by atoms with Crippen LogP contribution in [-0.2, 0) is 31.5 Å². The molecule has 0 unspecified atom stereocenters. The summed E-state index contributed by atoms with van der Waals surface area (Å²) in [5, 5.41) is 2.51. The number of methoxy groups -OCH3 is 1. The van der Waals surface area contributed by atoms with E-state index in [-0.39, 0.29) is 17.5 Å². The fourth-order valence-electron chi connectivity index (χ4n) is 1.76. The Morgan fingerprint density at radius 2 is 2.24 bits per heavy atom. The van der Waals surface area contributed by atoms with Gasteiger partial charge in [0.1, 0.15) is 12.4 Å². The highest BCUT2D eigenvalue weighted by molar-refractivity contribution is 8.13. The van der Waals surface area contributed by atoms with Gasteiger partial charge in [0.05, 0.1) is 0 Å². The maximum Gasteiger partial charge on any atom is 0.280 e. The minimum atomic E-state index is -3.89. The number of carbonyl (C=O) groups is 1. The highest BCUT2D eigenvalue weighted by atomic mass is 35.7. The standard InChI is InChI=1S/C12H20ClN3O4S/c1-3-5-10-15-12(21(13,18)19)9-16(10)8-11(17)14-6-4-7-20-2/h9H,3-8H2,1-2H3,(H,14,17). The molecular weight excluding hydrogens is 318 g/mol. The summed E-state index contributed by atoms with van der Waals surface area (Å²) in [5.74, 6) is 0.322. The Morgan fingerprint density at radius 1 is 1.52 bits per heavy atom. The van der Waals surface area contributed by atoms with Crippen LogP contribution in [0, 0.1) is 0 Å². The number of nitrogens with zero attached hydrogens (tertiary/aromatic N) is 2. The zero-order valence-corrected chi connectivity index (χ0v) is 13.7. The van der Waals surface area contributed by atoms with Gasteiger partial charge in [-0.15, -0.1) is 0 Å². The van der Waals surface area contributed by atoms with Crippen LogP contribution in [0.15, 0.2) is 11.2 Å². The lowest BCUT2D eigenvalue weighted by Crippen LogP contribution is -2.29. The van der Waals surface area contributed by atoms with E-state index in [1.54, 1.807) is 7.11 Å². The summed E-state index contributed by atoms with van der Waals surface area (Å²) in [5.41, 5.74) is 0. The van der Waals surface area contributed by atoms with E-state index in [1.165, 1.54) is 10.8 Å². The molecule has 1 amide bonds. The summed E-state index contributed by atoms with van der Waals surface area (Å²) in [6.45, 7) is 3.03. The van der Waals surface area contributed by atoms with Crippen LogP contribution < -0.4 is 5.32 Å². The van der Waals surface area contributed by atoms with Gasteiger partial charge in [0.2, 0.25) is 5.91 Å². The van der Waals surface area contributed by atoms with Crippen LogP contribution in [0.5, 0.6) is 0 Å². The third-order valence-electron chi connectivity index (χ3n) is 2.72. The van der Waals surface area contributed by atoms with Crippen molar-refractivity contribution in [3.05, 3.63) is 12.0 Å². The van der Waals surface area contributed by atoms with E-state index in [0.29, 0.717) is 25.4 Å². The number of imidazole rings is 1. The van der Waals surface area contributed by atoms with Crippen molar-refractivity contribution in [2.24, 2.45) is 0 Å². The van der Waals surface area contributed by atoms with Gasteiger partial charge >= 0.3 is 0 Å². The number of amides is 1. The number of hydrogen-bond acceptors (Lipinski definition) is 5. The molecule has 1 heterocycles. The second-order valence-electron chi connectivity index (χ2n) is 4.51. The molecule has 0 aliphatic carbocycles. The number of hydrogen-bond donors (Lipinski definition) is 1. The number of ether oxygens (including phenoxy) is 1. The number of halogens is 1. The maximum absolute atomic E-state index is 11.8. The average molecular weight is 338 g/mol. The highest BCUT2D eigenvalue weighted by Crippen LogP contribution is 2.15. The first-order valence-corrected chi connectivity index (χ1v) is 8.95. The molecule has 1 aromatic heterocycles. The molecule has 9 heteroatoms.